The van der Waals surface area contributed by atoms with Gasteiger partial charge in [-0.25, -0.2) is 0 Å². The van der Waals surface area contributed by atoms with Gasteiger partial charge in [0.2, 0.25) is 0 Å². The van der Waals surface area contributed by atoms with Crippen LogP contribution in [0.15, 0.2) is 0 Å². The van der Waals surface area contributed by atoms with E-state index in [9.17, 15) is 10.3 Å². The Kier molecular flexibility index (Phi) is 4.38. The lowest BCUT2D eigenvalue weighted by atomic mass is 9.72. The quantitative estimate of drug-likeness (QED) is 0.779. The molecule has 0 bridgehead atoms. The molecule has 0 aromatic carbocycles. The molecular formula is C13H27NO2. The minimum Gasteiger partial charge on any atom is -0.393 e. The van der Waals surface area contributed by atoms with Gasteiger partial charge in [-0.05, 0) is 38.5 Å². The SMILES string of the molecule is CCC1(CC)CC(O)CC(CC)(CC)N1O. The molecule has 1 aliphatic heterocycles. The molecule has 2 N–H and O–H groups in total. The topological polar surface area (TPSA) is 43.7 Å². The zero-order chi connectivity index (χ0) is 12.4. The molecule has 0 spiro atoms. The van der Waals surface area contributed by atoms with Crippen molar-refractivity contribution in [2.75, 3.05) is 0 Å². The van der Waals surface area contributed by atoms with Crippen LogP contribution in [0.3, 0.4) is 0 Å². The molecule has 0 aromatic rings. The van der Waals surface area contributed by atoms with E-state index in [1.807, 2.05) is 0 Å². The van der Waals surface area contributed by atoms with Crippen molar-refractivity contribution >= 4 is 0 Å². The summed E-state index contributed by atoms with van der Waals surface area (Å²) >= 11 is 0. The number of aliphatic hydroxyl groups is 1. The van der Waals surface area contributed by atoms with E-state index in [-0.39, 0.29) is 17.2 Å². The van der Waals surface area contributed by atoms with Gasteiger partial charge in [-0.3, -0.25) is 0 Å². The second kappa shape index (κ2) is 5.03. The highest BCUT2D eigenvalue weighted by molar-refractivity contribution is 5.02. The van der Waals surface area contributed by atoms with Gasteiger partial charge in [-0.1, -0.05) is 27.7 Å². The first kappa shape index (κ1) is 13.9. The Morgan fingerprint density at radius 1 is 0.938 bits per heavy atom. The van der Waals surface area contributed by atoms with Gasteiger partial charge in [0.25, 0.3) is 0 Å². The van der Waals surface area contributed by atoms with Gasteiger partial charge in [-0.15, -0.1) is 0 Å². The van der Waals surface area contributed by atoms with E-state index < -0.39 is 0 Å². The van der Waals surface area contributed by atoms with Crippen LogP contribution in [-0.4, -0.2) is 32.6 Å². The fraction of sp³-hybridized carbons (Fsp3) is 1.00. The molecule has 16 heavy (non-hydrogen) atoms. The van der Waals surface area contributed by atoms with Crippen molar-refractivity contribution in [1.29, 1.82) is 0 Å². The van der Waals surface area contributed by atoms with Gasteiger partial charge in [-0.2, -0.15) is 5.06 Å². The van der Waals surface area contributed by atoms with E-state index in [2.05, 4.69) is 27.7 Å². The standard InChI is InChI=1S/C13H27NO2/c1-5-12(6-2)9-11(15)10-13(7-3,8-4)14(12)16/h11,15-16H,5-10H2,1-4H3. The zero-order valence-corrected chi connectivity index (χ0v) is 11.2. The average molecular weight is 229 g/mol. The summed E-state index contributed by atoms with van der Waals surface area (Å²) in [6.07, 6.45) is 4.66. The maximum absolute atomic E-state index is 10.6. The Morgan fingerprint density at radius 2 is 1.25 bits per heavy atom. The first-order valence-corrected chi connectivity index (χ1v) is 6.67. The third-order valence-corrected chi connectivity index (χ3v) is 4.76. The Labute approximate surface area is 99.4 Å². The van der Waals surface area contributed by atoms with Crippen LogP contribution in [0.2, 0.25) is 0 Å². The minimum atomic E-state index is -0.275. The van der Waals surface area contributed by atoms with Gasteiger partial charge in [0.15, 0.2) is 0 Å². The molecule has 1 aliphatic rings. The smallest absolute Gasteiger partial charge is 0.0577 e. The summed E-state index contributed by atoms with van der Waals surface area (Å²) in [5, 5.41) is 22.2. The van der Waals surface area contributed by atoms with E-state index >= 15 is 0 Å². The van der Waals surface area contributed by atoms with Gasteiger partial charge >= 0.3 is 0 Å². The fourth-order valence-corrected chi connectivity index (χ4v) is 3.30. The highest BCUT2D eigenvalue weighted by Gasteiger charge is 2.50. The molecule has 1 rings (SSSR count). The van der Waals surface area contributed by atoms with Gasteiger partial charge < -0.3 is 10.3 Å². The van der Waals surface area contributed by atoms with Crippen LogP contribution in [0, 0.1) is 0 Å². The number of hydrogen-bond acceptors (Lipinski definition) is 3. The fourth-order valence-electron chi connectivity index (χ4n) is 3.30. The molecule has 3 nitrogen and oxygen atoms in total. The number of piperidine rings is 1. The summed E-state index contributed by atoms with van der Waals surface area (Å²) in [5.41, 5.74) is -0.465. The first-order chi connectivity index (χ1) is 7.50. The summed E-state index contributed by atoms with van der Waals surface area (Å²) in [6.45, 7) is 8.39. The Bertz CT molecular complexity index is 200. The van der Waals surface area contributed by atoms with Crippen molar-refractivity contribution in [2.24, 2.45) is 0 Å². The molecule has 0 amide bonds. The maximum Gasteiger partial charge on any atom is 0.0577 e. The van der Waals surface area contributed by atoms with Crippen LogP contribution in [0.5, 0.6) is 0 Å². The Hall–Kier alpha value is -0.120. The van der Waals surface area contributed by atoms with Crippen molar-refractivity contribution in [1.82, 2.24) is 5.06 Å². The van der Waals surface area contributed by atoms with Gasteiger partial charge in [0.05, 0.1) is 6.10 Å². The maximum atomic E-state index is 10.6. The average Bonchev–Trinajstić information content (AvgIpc) is 2.32. The lowest BCUT2D eigenvalue weighted by Crippen LogP contribution is -2.64. The lowest BCUT2D eigenvalue weighted by molar-refractivity contribution is -0.281. The number of aliphatic hydroxyl groups excluding tert-OH is 1. The molecule has 0 atom stereocenters. The molecule has 0 aromatic heterocycles. The summed E-state index contributed by atoms with van der Waals surface area (Å²) in [4.78, 5) is 0. The molecule has 96 valence electrons. The Morgan fingerprint density at radius 3 is 1.50 bits per heavy atom. The van der Waals surface area contributed by atoms with E-state index in [4.69, 9.17) is 0 Å². The number of hydroxylamine groups is 2. The van der Waals surface area contributed by atoms with E-state index in [1.54, 1.807) is 5.06 Å². The molecule has 1 saturated heterocycles. The summed E-state index contributed by atoms with van der Waals surface area (Å²) in [7, 11) is 0. The van der Waals surface area contributed by atoms with Gasteiger partial charge in [0.1, 0.15) is 0 Å². The van der Waals surface area contributed by atoms with Crippen LogP contribution < -0.4 is 0 Å². The van der Waals surface area contributed by atoms with E-state index in [1.165, 1.54) is 0 Å². The summed E-state index contributed by atoms with van der Waals surface area (Å²) in [6, 6.07) is 0. The third kappa shape index (κ3) is 2.01. The lowest BCUT2D eigenvalue weighted by Gasteiger charge is -2.55. The molecular weight excluding hydrogens is 202 g/mol. The number of rotatable bonds is 4. The highest BCUT2D eigenvalue weighted by Crippen LogP contribution is 2.44. The van der Waals surface area contributed by atoms with Crippen molar-refractivity contribution in [3.8, 4) is 0 Å². The molecule has 1 heterocycles. The highest BCUT2D eigenvalue weighted by atomic mass is 16.5. The molecule has 0 unspecified atom stereocenters. The number of nitrogens with zero attached hydrogens (tertiary/aromatic N) is 1. The Balaban J connectivity index is 3.06. The van der Waals surface area contributed by atoms with Crippen molar-refractivity contribution in [3.05, 3.63) is 0 Å². The molecule has 3 heteroatoms. The normalized spacial score (nSPS) is 25.9. The predicted molar refractivity (Wildman–Crippen MR) is 65.5 cm³/mol. The first-order valence-electron chi connectivity index (χ1n) is 6.67. The van der Waals surface area contributed by atoms with Crippen molar-refractivity contribution in [3.63, 3.8) is 0 Å². The van der Waals surface area contributed by atoms with Crippen LogP contribution in [-0.2, 0) is 0 Å². The van der Waals surface area contributed by atoms with Crippen molar-refractivity contribution in [2.45, 2.75) is 83.4 Å². The van der Waals surface area contributed by atoms with E-state index in [0.717, 1.165) is 25.7 Å². The minimum absolute atomic E-state index is 0.232. The molecule has 1 fully saturated rings. The van der Waals surface area contributed by atoms with Crippen LogP contribution in [0.4, 0.5) is 0 Å². The van der Waals surface area contributed by atoms with Crippen LogP contribution >= 0.6 is 0 Å². The largest absolute Gasteiger partial charge is 0.393 e. The van der Waals surface area contributed by atoms with Gasteiger partial charge in [0, 0.05) is 11.1 Å². The molecule has 0 saturated carbocycles. The second-order valence-corrected chi connectivity index (χ2v) is 5.24. The predicted octanol–water partition coefficient (Wildman–Crippen LogP) is 2.95. The van der Waals surface area contributed by atoms with Crippen molar-refractivity contribution < 1.29 is 10.3 Å². The molecule has 0 radical (unpaired) electrons. The number of hydrogen-bond donors (Lipinski definition) is 2. The van der Waals surface area contributed by atoms with E-state index in [0.29, 0.717) is 12.8 Å². The summed E-state index contributed by atoms with van der Waals surface area (Å²) in [5.74, 6) is 0. The monoisotopic (exact) mass is 229 g/mol. The van der Waals surface area contributed by atoms with Crippen LogP contribution in [0.1, 0.15) is 66.2 Å². The van der Waals surface area contributed by atoms with Crippen LogP contribution in [0.25, 0.3) is 0 Å². The summed E-state index contributed by atoms with van der Waals surface area (Å²) < 4.78 is 0. The zero-order valence-electron chi connectivity index (χ0n) is 11.2. The third-order valence-electron chi connectivity index (χ3n) is 4.76. The molecule has 0 aliphatic carbocycles. The second-order valence-electron chi connectivity index (χ2n) is 5.24.